The first-order chi connectivity index (χ1) is 15.8. The lowest BCUT2D eigenvalue weighted by molar-refractivity contribution is -0.262. The number of aliphatic hydroxyl groups excluding tert-OH is 1. The highest BCUT2D eigenvalue weighted by Crippen LogP contribution is 2.74. The zero-order valence-electron chi connectivity index (χ0n) is 22.4. The maximum atomic E-state index is 12.6. The molecule has 4 saturated carbocycles. The summed E-state index contributed by atoms with van der Waals surface area (Å²) >= 11 is 0. The number of fused-ring (bicyclic) bond motifs is 5. The van der Waals surface area contributed by atoms with Crippen LogP contribution in [0.2, 0.25) is 0 Å². The van der Waals surface area contributed by atoms with Crippen LogP contribution in [0.15, 0.2) is 0 Å². The summed E-state index contributed by atoms with van der Waals surface area (Å²) < 4.78 is 6.07. The van der Waals surface area contributed by atoms with E-state index in [1.807, 2.05) is 0 Å². The van der Waals surface area contributed by atoms with Crippen LogP contribution >= 0.6 is 0 Å². The fourth-order valence-corrected chi connectivity index (χ4v) is 10.4. The molecule has 5 nitrogen and oxygen atoms in total. The molecule has 0 saturated heterocycles. The molecule has 34 heavy (non-hydrogen) atoms. The molecule has 0 aromatic carbocycles. The molecular weight excluding hydrogens is 428 g/mol. The zero-order chi connectivity index (χ0) is 25.3. The Morgan fingerprint density at radius 1 is 0.971 bits per heavy atom. The van der Waals surface area contributed by atoms with Gasteiger partial charge in [0.15, 0.2) is 0 Å². The Balaban J connectivity index is 1.86. The SMILES string of the molecule is CC[C@@]1(C)CCC[C@]2(C)[C@H]3C[C@H](OC(C)=O)[C@]4(C)[C@@H](C=O)[C@H](C(C)=O)[C@@H](O)C[C@H]4[C@]3(C)CC[C@@H]12. The van der Waals surface area contributed by atoms with E-state index in [-0.39, 0.29) is 28.5 Å². The van der Waals surface area contributed by atoms with Gasteiger partial charge in [0.1, 0.15) is 18.2 Å². The fraction of sp³-hybridized carbons (Fsp3) is 0.897. The van der Waals surface area contributed by atoms with Crippen molar-refractivity contribution in [3.8, 4) is 0 Å². The molecule has 192 valence electrons. The molecule has 0 heterocycles. The molecule has 4 aliphatic rings. The zero-order valence-corrected chi connectivity index (χ0v) is 22.4. The molecule has 0 aromatic rings. The third-order valence-corrected chi connectivity index (χ3v) is 12.1. The number of ether oxygens (including phenoxy) is 1. The molecule has 5 heteroatoms. The Hall–Kier alpha value is -1.23. The van der Waals surface area contributed by atoms with Gasteiger partial charge in [-0.1, -0.05) is 47.5 Å². The van der Waals surface area contributed by atoms with Crippen LogP contribution in [0.1, 0.15) is 99.8 Å². The van der Waals surface area contributed by atoms with E-state index in [2.05, 4.69) is 34.6 Å². The summed E-state index contributed by atoms with van der Waals surface area (Å²) in [6.45, 7) is 14.6. The van der Waals surface area contributed by atoms with Gasteiger partial charge in [-0.15, -0.1) is 0 Å². The van der Waals surface area contributed by atoms with Crippen molar-refractivity contribution in [2.24, 2.45) is 51.2 Å². The van der Waals surface area contributed by atoms with E-state index in [0.717, 1.165) is 25.5 Å². The predicted octanol–water partition coefficient (Wildman–Crippen LogP) is 5.37. The Morgan fingerprint density at radius 2 is 1.62 bits per heavy atom. The van der Waals surface area contributed by atoms with E-state index in [0.29, 0.717) is 23.7 Å². The smallest absolute Gasteiger partial charge is 0.302 e. The van der Waals surface area contributed by atoms with E-state index in [1.165, 1.54) is 39.5 Å². The molecule has 0 aromatic heterocycles. The molecule has 4 aliphatic carbocycles. The van der Waals surface area contributed by atoms with Crippen LogP contribution in [0.5, 0.6) is 0 Å². The van der Waals surface area contributed by atoms with Crippen molar-refractivity contribution in [3.05, 3.63) is 0 Å². The van der Waals surface area contributed by atoms with E-state index in [4.69, 9.17) is 4.74 Å². The van der Waals surface area contributed by atoms with Crippen molar-refractivity contribution in [2.45, 2.75) is 112 Å². The summed E-state index contributed by atoms with van der Waals surface area (Å²) in [5.41, 5.74) is -0.287. The number of rotatable bonds is 4. The van der Waals surface area contributed by atoms with Gasteiger partial charge < -0.3 is 14.6 Å². The average molecular weight is 475 g/mol. The number of hydrogen-bond donors (Lipinski definition) is 1. The summed E-state index contributed by atoms with van der Waals surface area (Å²) in [6, 6.07) is 0. The van der Waals surface area contributed by atoms with Gasteiger partial charge in [0.25, 0.3) is 0 Å². The highest BCUT2D eigenvalue weighted by molar-refractivity contribution is 5.83. The summed E-state index contributed by atoms with van der Waals surface area (Å²) in [7, 11) is 0. The summed E-state index contributed by atoms with van der Waals surface area (Å²) in [5, 5.41) is 11.2. The van der Waals surface area contributed by atoms with Crippen LogP contribution < -0.4 is 0 Å². The third kappa shape index (κ3) is 3.38. The minimum atomic E-state index is -0.836. The quantitative estimate of drug-likeness (QED) is 0.438. The number of ketones is 1. The Morgan fingerprint density at radius 3 is 2.18 bits per heavy atom. The van der Waals surface area contributed by atoms with Crippen molar-refractivity contribution >= 4 is 18.0 Å². The van der Waals surface area contributed by atoms with Gasteiger partial charge in [-0.3, -0.25) is 9.59 Å². The average Bonchev–Trinajstić information content (AvgIpc) is 2.75. The number of esters is 1. The van der Waals surface area contributed by atoms with Gasteiger partial charge in [-0.05, 0) is 79.4 Å². The molecule has 0 unspecified atom stereocenters. The number of carbonyl (C=O) groups is 3. The van der Waals surface area contributed by atoms with Crippen LogP contribution in [-0.2, 0) is 19.1 Å². The van der Waals surface area contributed by atoms with Crippen LogP contribution in [-0.4, -0.2) is 35.4 Å². The number of Topliss-reactive ketones (excluding diaryl/α,β-unsaturated/α-hetero) is 1. The molecule has 4 fully saturated rings. The Labute approximate surface area is 205 Å². The van der Waals surface area contributed by atoms with Crippen molar-refractivity contribution in [1.82, 2.24) is 0 Å². The van der Waals surface area contributed by atoms with Gasteiger partial charge >= 0.3 is 5.97 Å². The minimum absolute atomic E-state index is 0.0106. The van der Waals surface area contributed by atoms with Gasteiger partial charge in [0.2, 0.25) is 0 Å². The number of aldehydes is 1. The predicted molar refractivity (Wildman–Crippen MR) is 131 cm³/mol. The van der Waals surface area contributed by atoms with E-state index < -0.39 is 29.5 Å². The Bertz CT molecular complexity index is 853. The second-order valence-corrected chi connectivity index (χ2v) is 13.4. The highest BCUT2D eigenvalue weighted by Gasteiger charge is 2.71. The van der Waals surface area contributed by atoms with E-state index in [9.17, 15) is 19.5 Å². The van der Waals surface area contributed by atoms with Gasteiger partial charge in [-0.25, -0.2) is 0 Å². The third-order valence-electron chi connectivity index (χ3n) is 12.1. The maximum absolute atomic E-state index is 12.6. The highest BCUT2D eigenvalue weighted by atomic mass is 16.5. The summed E-state index contributed by atoms with van der Waals surface area (Å²) in [4.78, 5) is 37.5. The first kappa shape index (κ1) is 25.9. The van der Waals surface area contributed by atoms with Crippen LogP contribution in [0.3, 0.4) is 0 Å². The second-order valence-electron chi connectivity index (χ2n) is 13.4. The number of aliphatic hydroxyl groups is 1. The summed E-state index contributed by atoms with van der Waals surface area (Å²) in [6.07, 6.45) is 7.91. The normalized spacial score (nSPS) is 52.5. The molecule has 0 radical (unpaired) electrons. The molecule has 4 rings (SSSR count). The molecule has 0 bridgehead atoms. The van der Waals surface area contributed by atoms with E-state index >= 15 is 0 Å². The molecular formula is C29H46O5. The first-order valence-corrected chi connectivity index (χ1v) is 13.6. The molecule has 0 aliphatic heterocycles. The summed E-state index contributed by atoms with van der Waals surface area (Å²) in [5.74, 6) is -0.889. The molecule has 0 spiro atoms. The lowest BCUT2D eigenvalue weighted by Gasteiger charge is -2.71. The number of hydrogen-bond acceptors (Lipinski definition) is 5. The maximum Gasteiger partial charge on any atom is 0.302 e. The molecule has 1 N–H and O–H groups in total. The lowest BCUT2D eigenvalue weighted by Crippen LogP contribution is -2.69. The van der Waals surface area contributed by atoms with Gasteiger partial charge in [0, 0.05) is 18.3 Å². The fourth-order valence-electron chi connectivity index (χ4n) is 10.4. The van der Waals surface area contributed by atoms with Gasteiger partial charge in [0.05, 0.1) is 12.0 Å². The van der Waals surface area contributed by atoms with Crippen LogP contribution in [0.25, 0.3) is 0 Å². The largest absolute Gasteiger partial charge is 0.462 e. The van der Waals surface area contributed by atoms with Crippen molar-refractivity contribution in [2.75, 3.05) is 0 Å². The van der Waals surface area contributed by atoms with Crippen molar-refractivity contribution in [3.63, 3.8) is 0 Å². The second kappa shape index (κ2) is 8.42. The Kier molecular flexibility index (Phi) is 6.40. The topological polar surface area (TPSA) is 80.7 Å². The first-order valence-electron chi connectivity index (χ1n) is 13.6. The standard InChI is InChI=1S/C29H46O5/c1-8-26(4)11-9-12-27(5)21(26)10-13-28(6)22(27)15-24(34-18(3)32)29(7)19(16-30)25(17(2)31)20(33)14-23(28)29/h16,19-25,33H,8-15H2,1-7H3/t19-,20-,21-,22+,23-,24-,25-,26-,27-,28+,29+/m0/s1. The van der Waals surface area contributed by atoms with E-state index in [1.54, 1.807) is 0 Å². The molecule has 11 atom stereocenters. The van der Waals surface area contributed by atoms with Crippen LogP contribution in [0.4, 0.5) is 0 Å². The lowest BCUT2D eigenvalue weighted by atomic mass is 9.33. The monoisotopic (exact) mass is 474 g/mol. The van der Waals surface area contributed by atoms with Crippen LogP contribution in [0, 0.1) is 51.2 Å². The number of carbonyl (C=O) groups excluding carboxylic acids is 3. The van der Waals surface area contributed by atoms with Crippen molar-refractivity contribution in [1.29, 1.82) is 0 Å². The van der Waals surface area contributed by atoms with Gasteiger partial charge in [-0.2, -0.15) is 0 Å². The molecule has 0 amide bonds. The minimum Gasteiger partial charge on any atom is -0.462 e. The van der Waals surface area contributed by atoms with Crippen molar-refractivity contribution < 1.29 is 24.2 Å².